The summed E-state index contributed by atoms with van der Waals surface area (Å²) >= 11 is 1.86. The number of thioether (sulfide) groups is 1. The number of hydrogen-bond acceptors (Lipinski definition) is 6. The second kappa shape index (κ2) is 20.2. The maximum atomic E-state index is 10.9. The molecule has 5 nitrogen and oxygen atoms in total. The third-order valence-corrected chi connectivity index (χ3v) is 14.4. The van der Waals surface area contributed by atoms with Crippen LogP contribution in [0.2, 0.25) is 0 Å². The van der Waals surface area contributed by atoms with Crippen molar-refractivity contribution in [1.82, 2.24) is 0 Å². The molecule has 1 atom stereocenters. The van der Waals surface area contributed by atoms with Gasteiger partial charge >= 0.3 is 0 Å². The Morgan fingerprint density at radius 2 is 0.657 bits per heavy atom. The molecular formula is C61H86O5S. The molecule has 5 aromatic rings. The topological polar surface area (TPSA) is 101 Å². The van der Waals surface area contributed by atoms with E-state index in [1.807, 2.05) is 43.8 Å². The van der Waals surface area contributed by atoms with Gasteiger partial charge in [-0.2, -0.15) is 11.8 Å². The van der Waals surface area contributed by atoms with Gasteiger partial charge in [0, 0.05) is 17.4 Å². The average molecular weight is 931 g/mol. The van der Waals surface area contributed by atoms with Gasteiger partial charge in [-0.1, -0.05) is 153 Å². The van der Waals surface area contributed by atoms with E-state index in [1.54, 1.807) is 0 Å². The summed E-state index contributed by atoms with van der Waals surface area (Å²) in [5.41, 5.74) is 15.3. The number of aryl methyl sites for hydroxylation is 5. The second-order valence-corrected chi connectivity index (χ2v) is 25.7. The molecular weight excluding hydrogens is 845 g/mol. The van der Waals surface area contributed by atoms with Gasteiger partial charge in [0.25, 0.3) is 0 Å². The van der Waals surface area contributed by atoms with Crippen molar-refractivity contribution in [2.24, 2.45) is 0 Å². The van der Waals surface area contributed by atoms with E-state index in [9.17, 15) is 25.5 Å². The molecule has 0 aliphatic rings. The summed E-state index contributed by atoms with van der Waals surface area (Å²) < 4.78 is 0. The van der Waals surface area contributed by atoms with Crippen molar-refractivity contribution in [3.05, 3.63) is 144 Å². The van der Waals surface area contributed by atoms with Gasteiger partial charge in [-0.15, -0.1) is 0 Å². The zero-order valence-electron chi connectivity index (χ0n) is 45.2. The van der Waals surface area contributed by atoms with E-state index >= 15 is 0 Å². The molecule has 0 aliphatic carbocycles. The lowest BCUT2D eigenvalue weighted by atomic mass is 9.74. The minimum Gasteiger partial charge on any atom is -0.508 e. The van der Waals surface area contributed by atoms with E-state index in [1.165, 1.54) is 27.8 Å². The maximum Gasteiger partial charge on any atom is 0.122 e. The van der Waals surface area contributed by atoms with E-state index in [0.717, 1.165) is 73.6 Å². The van der Waals surface area contributed by atoms with E-state index < -0.39 is 0 Å². The van der Waals surface area contributed by atoms with Crippen LogP contribution in [0.3, 0.4) is 0 Å². The third-order valence-electron chi connectivity index (χ3n) is 13.3. The van der Waals surface area contributed by atoms with Gasteiger partial charge in [-0.25, -0.2) is 0 Å². The largest absolute Gasteiger partial charge is 0.508 e. The Morgan fingerprint density at radius 3 is 0.955 bits per heavy atom. The van der Waals surface area contributed by atoms with Crippen molar-refractivity contribution >= 4 is 11.8 Å². The minimum atomic E-state index is -0.210. The Morgan fingerprint density at radius 1 is 0.373 bits per heavy atom. The SMILES string of the molecule is Cc1cc(CSCc2cc(C)c(O)c(C(C)(C)C)c2)cc(C(C)(C)C)c1O.Cc1cc(O)c(C(C)(C)C)cc1C(C)CC(c1cc(C(C)(C)C)c(O)cc1C)c1cc(C(C)(C)C)c(O)cc1C. The van der Waals surface area contributed by atoms with Crippen LogP contribution in [0.1, 0.15) is 212 Å². The minimum absolute atomic E-state index is 0.0460. The Labute approximate surface area is 410 Å². The van der Waals surface area contributed by atoms with Crippen LogP contribution in [0, 0.1) is 34.6 Å². The molecule has 0 radical (unpaired) electrons. The lowest BCUT2D eigenvalue weighted by Crippen LogP contribution is -2.17. The molecule has 0 aromatic heterocycles. The molecule has 6 heteroatoms. The van der Waals surface area contributed by atoms with Crippen molar-refractivity contribution in [2.75, 3.05) is 0 Å². The highest BCUT2D eigenvalue weighted by molar-refractivity contribution is 7.97. The summed E-state index contributed by atoms with van der Waals surface area (Å²) in [6.07, 6.45) is 0.847. The fourth-order valence-electron chi connectivity index (χ4n) is 9.42. The zero-order chi connectivity index (χ0) is 51.1. The van der Waals surface area contributed by atoms with E-state index in [4.69, 9.17) is 0 Å². The second-order valence-electron chi connectivity index (χ2n) is 24.7. The van der Waals surface area contributed by atoms with Crippen molar-refractivity contribution in [3.8, 4) is 28.7 Å². The fourth-order valence-corrected chi connectivity index (χ4v) is 10.3. The lowest BCUT2D eigenvalue weighted by molar-refractivity contribution is 0.442. The molecule has 0 bridgehead atoms. The Bertz CT molecular complexity index is 2420. The average Bonchev–Trinajstić information content (AvgIpc) is 3.14. The highest BCUT2D eigenvalue weighted by Crippen LogP contribution is 2.46. The van der Waals surface area contributed by atoms with Crippen LogP contribution in [-0.4, -0.2) is 25.5 Å². The summed E-state index contributed by atoms with van der Waals surface area (Å²) in [6, 6.07) is 20.8. The van der Waals surface area contributed by atoms with Crippen molar-refractivity contribution in [2.45, 2.75) is 202 Å². The van der Waals surface area contributed by atoms with Crippen LogP contribution in [0.25, 0.3) is 0 Å². The van der Waals surface area contributed by atoms with Gasteiger partial charge in [0.15, 0.2) is 0 Å². The number of phenolic OH excluding ortho intramolecular Hbond substituents is 5. The van der Waals surface area contributed by atoms with Gasteiger partial charge in [0.05, 0.1) is 0 Å². The number of aromatic hydroxyl groups is 5. The normalized spacial score (nSPS) is 13.2. The van der Waals surface area contributed by atoms with Gasteiger partial charge in [0.2, 0.25) is 0 Å². The van der Waals surface area contributed by atoms with Crippen molar-refractivity contribution in [1.29, 1.82) is 0 Å². The molecule has 5 aromatic carbocycles. The van der Waals surface area contributed by atoms with E-state index in [2.05, 4.69) is 174 Å². The molecule has 0 saturated heterocycles. The Kier molecular flexibility index (Phi) is 16.6. The standard InChI is InChI=1S/C37H52O3.C24H34O2S/c1-21(25-18-29(35(5,6)7)32(38)15-22(25)2)14-28(26-19-30(36(8,9)10)33(39)16-23(26)3)27-20-31(37(11,12)13)34(40)17-24(27)4;1-15-9-17(11-19(21(15)25)23(3,4)5)13-27-14-18-10-16(2)22(26)20(12-18)24(6,7)8/h15-21,28,38-40H,14H2,1-13H3;9-12,25-26H,13-14H2,1-8H3. The molecule has 0 heterocycles. The predicted octanol–water partition coefficient (Wildman–Crippen LogP) is 16.7. The number of benzene rings is 5. The summed E-state index contributed by atoms with van der Waals surface area (Å²) in [7, 11) is 0. The van der Waals surface area contributed by atoms with E-state index in [0.29, 0.717) is 28.7 Å². The summed E-state index contributed by atoms with van der Waals surface area (Å²) in [5, 5.41) is 53.4. The van der Waals surface area contributed by atoms with Crippen molar-refractivity contribution < 1.29 is 25.5 Å². The van der Waals surface area contributed by atoms with Gasteiger partial charge in [0.1, 0.15) is 28.7 Å². The first-order valence-corrected chi connectivity index (χ1v) is 25.3. The van der Waals surface area contributed by atoms with E-state index in [-0.39, 0.29) is 38.9 Å². The molecule has 5 rings (SSSR count). The van der Waals surface area contributed by atoms with Gasteiger partial charge < -0.3 is 25.5 Å². The highest BCUT2D eigenvalue weighted by atomic mass is 32.2. The Hall–Kier alpha value is -4.55. The molecule has 1 unspecified atom stereocenters. The first-order valence-electron chi connectivity index (χ1n) is 24.2. The quantitative estimate of drug-likeness (QED) is 0.101. The summed E-state index contributed by atoms with van der Waals surface area (Å²) in [6.45, 7) is 44.5. The number of phenols is 5. The monoisotopic (exact) mass is 931 g/mol. The third kappa shape index (κ3) is 13.4. The first-order chi connectivity index (χ1) is 30.4. The fraction of sp³-hybridized carbons (Fsp3) is 0.508. The smallest absolute Gasteiger partial charge is 0.122 e. The highest BCUT2D eigenvalue weighted by Gasteiger charge is 2.30. The molecule has 0 fully saturated rings. The molecule has 5 N–H and O–H groups in total. The predicted molar refractivity (Wildman–Crippen MR) is 288 cm³/mol. The molecule has 0 amide bonds. The molecule has 0 saturated carbocycles. The summed E-state index contributed by atoms with van der Waals surface area (Å²) in [4.78, 5) is 0. The maximum absolute atomic E-state index is 10.9. The summed E-state index contributed by atoms with van der Waals surface area (Å²) in [5.74, 6) is 3.90. The van der Waals surface area contributed by atoms with Crippen LogP contribution in [0.15, 0.2) is 60.7 Å². The lowest BCUT2D eigenvalue weighted by Gasteiger charge is -2.31. The molecule has 366 valence electrons. The first kappa shape index (κ1) is 55.0. The van der Waals surface area contributed by atoms with Crippen LogP contribution < -0.4 is 0 Å². The zero-order valence-corrected chi connectivity index (χ0v) is 46.0. The van der Waals surface area contributed by atoms with Crippen molar-refractivity contribution in [3.63, 3.8) is 0 Å². The molecule has 0 aliphatic heterocycles. The van der Waals surface area contributed by atoms with Gasteiger partial charge in [-0.05, 0) is 176 Å². The van der Waals surface area contributed by atoms with Crippen LogP contribution in [0.5, 0.6) is 28.7 Å². The Balaban J connectivity index is 0.000000316. The van der Waals surface area contributed by atoms with Crippen LogP contribution in [-0.2, 0) is 38.6 Å². The number of hydrogen-bond donors (Lipinski definition) is 5. The number of rotatable bonds is 9. The van der Waals surface area contributed by atoms with Gasteiger partial charge in [-0.3, -0.25) is 0 Å². The van der Waals surface area contributed by atoms with Crippen LogP contribution >= 0.6 is 11.8 Å². The molecule has 0 spiro atoms. The molecule has 67 heavy (non-hydrogen) atoms. The van der Waals surface area contributed by atoms with Crippen LogP contribution in [0.4, 0.5) is 0 Å².